The Hall–Kier alpha value is -1.59. The summed E-state index contributed by atoms with van der Waals surface area (Å²) in [6.45, 7) is -0.102. The molecule has 1 aromatic carbocycles. The van der Waals surface area contributed by atoms with Crippen molar-refractivity contribution in [2.75, 3.05) is 7.11 Å². The first kappa shape index (κ1) is 13.4. The molecule has 1 saturated carbocycles. The predicted molar refractivity (Wildman–Crippen MR) is 75.4 cm³/mol. The molecule has 0 spiro atoms. The van der Waals surface area contributed by atoms with E-state index in [1.165, 1.54) is 6.42 Å². The third kappa shape index (κ3) is 2.17. The van der Waals surface area contributed by atoms with Gasteiger partial charge in [0.15, 0.2) is 0 Å². The topological polar surface area (TPSA) is 60.2 Å². The molecule has 0 radical (unpaired) electrons. The highest BCUT2D eigenvalue weighted by atomic mass is 35.5. The zero-order valence-corrected chi connectivity index (χ0v) is 12.0. The van der Waals surface area contributed by atoms with Crippen molar-refractivity contribution in [3.05, 3.63) is 34.6 Å². The fourth-order valence-electron chi connectivity index (χ4n) is 2.53. The van der Waals surface area contributed by atoms with E-state index in [1.807, 2.05) is 6.07 Å². The predicted octanol–water partition coefficient (Wildman–Crippen LogP) is 2.69. The van der Waals surface area contributed by atoms with Crippen molar-refractivity contribution in [2.24, 2.45) is 0 Å². The summed E-state index contributed by atoms with van der Waals surface area (Å²) in [6, 6.07) is 5.39. The molecule has 0 aliphatic heterocycles. The van der Waals surface area contributed by atoms with Gasteiger partial charge in [-0.3, -0.25) is 0 Å². The Morgan fingerprint density at radius 3 is 2.85 bits per heavy atom. The maximum absolute atomic E-state index is 9.46. The number of halogens is 1. The minimum Gasteiger partial charge on any atom is -0.494 e. The van der Waals surface area contributed by atoms with E-state index in [9.17, 15) is 5.11 Å². The van der Waals surface area contributed by atoms with Crippen LogP contribution < -0.4 is 4.74 Å². The first-order valence-electron chi connectivity index (χ1n) is 6.64. The molecule has 1 heterocycles. The first-order valence-corrected chi connectivity index (χ1v) is 7.01. The number of rotatable bonds is 4. The average molecular weight is 294 g/mol. The molecule has 0 atom stereocenters. The second-order valence-corrected chi connectivity index (χ2v) is 5.37. The van der Waals surface area contributed by atoms with Gasteiger partial charge in [-0.1, -0.05) is 23.2 Å². The smallest absolute Gasteiger partial charge is 0.144 e. The fraction of sp³-hybridized carbons (Fsp3) is 0.429. The molecule has 106 valence electrons. The normalized spacial score (nSPS) is 15.2. The molecular formula is C14H16ClN3O2. The first-order chi connectivity index (χ1) is 9.74. The van der Waals surface area contributed by atoms with Gasteiger partial charge in [0.1, 0.15) is 17.1 Å². The van der Waals surface area contributed by atoms with E-state index in [-0.39, 0.29) is 6.61 Å². The van der Waals surface area contributed by atoms with Crippen LogP contribution in [0.25, 0.3) is 5.69 Å². The molecule has 0 amide bonds. The van der Waals surface area contributed by atoms with E-state index in [1.54, 1.807) is 23.9 Å². The summed E-state index contributed by atoms with van der Waals surface area (Å²) in [4.78, 5) is 0. The van der Waals surface area contributed by atoms with Crippen molar-refractivity contribution < 1.29 is 9.84 Å². The van der Waals surface area contributed by atoms with E-state index in [4.69, 9.17) is 16.3 Å². The maximum Gasteiger partial charge on any atom is 0.144 e. The number of nitrogens with zero attached hydrogens (tertiary/aromatic N) is 3. The Morgan fingerprint density at radius 2 is 2.25 bits per heavy atom. The molecule has 5 nitrogen and oxygen atoms in total. The molecule has 3 rings (SSSR count). The fourth-order valence-corrected chi connectivity index (χ4v) is 2.70. The average Bonchev–Trinajstić information content (AvgIpc) is 2.80. The van der Waals surface area contributed by atoms with E-state index < -0.39 is 0 Å². The zero-order valence-electron chi connectivity index (χ0n) is 11.2. The lowest BCUT2D eigenvalue weighted by Gasteiger charge is -2.26. The summed E-state index contributed by atoms with van der Waals surface area (Å²) in [5.41, 5.74) is 2.37. The Kier molecular flexibility index (Phi) is 3.63. The third-order valence-corrected chi connectivity index (χ3v) is 4.02. The van der Waals surface area contributed by atoms with Crippen LogP contribution in [0, 0.1) is 0 Å². The number of benzene rings is 1. The summed E-state index contributed by atoms with van der Waals surface area (Å²) in [5, 5.41) is 18.3. The Balaban J connectivity index is 2.14. The molecule has 0 saturated heterocycles. The molecule has 6 heteroatoms. The van der Waals surface area contributed by atoms with Gasteiger partial charge in [-0.05, 0) is 31.0 Å². The van der Waals surface area contributed by atoms with Gasteiger partial charge < -0.3 is 9.84 Å². The number of aromatic nitrogens is 3. The highest BCUT2D eigenvalue weighted by Gasteiger charge is 2.28. The highest BCUT2D eigenvalue weighted by Crippen LogP contribution is 2.39. The van der Waals surface area contributed by atoms with Gasteiger partial charge in [-0.15, -0.1) is 5.10 Å². The monoisotopic (exact) mass is 293 g/mol. The van der Waals surface area contributed by atoms with E-state index in [0.29, 0.717) is 22.4 Å². The van der Waals surface area contributed by atoms with Gasteiger partial charge in [0, 0.05) is 10.9 Å². The van der Waals surface area contributed by atoms with Gasteiger partial charge in [-0.2, -0.15) is 0 Å². The number of aliphatic hydroxyl groups excluding tert-OH is 1. The van der Waals surface area contributed by atoms with Crippen molar-refractivity contribution in [1.29, 1.82) is 0 Å². The lowest BCUT2D eigenvalue weighted by molar-refractivity contribution is 0.272. The van der Waals surface area contributed by atoms with Gasteiger partial charge in [0.05, 0.1) is 19.4 Å². The molecule has 1 fully saturated rings. The van der Waals surface area contributed by atoms with Crippen LogP contribution in [0.5, 0.6) is 5.75 Å². The summed E-state index contributed by atoms with van der Waals surface area (Å²) in [5.74, 6) is 1.08. The second-order valence-electron chi connectivity index (χ2n) is 4.94. The number of hydrogen-bond acceptors (Lipinski definition) is 4. The minimum absolute atomic E-state index is 0.102. The van der Waals surface area contributed by atoms with E-state index in [2.05, 4.69) is 10.3 Å². The zero-order chi connectivity index (χ0) is 14.1. The SMILES string of the molecule is COc1ccc(Cl)cc1-n1nnc(CO)c1C1CCC1. The van der Waals surface area contributed by atoms with Crippen LogP contribution in [0.4, 0.5) is 0 Å². The third-order valence-electron chi connectivity index (χ3n) is 3.79. The molecule has 20 heavy (non-hydrogen) atoms. The van der Waals surface area contributed by atoms with Crippen LogP contribution in [0.1, 0.15) is 36.6 Å². The van der Waals surface area contributed by atoms with Crippen LogP contribution in [0.15, 0.2) is 18.2 Å². The maximum atomic E-state index is 9.46. The molecule has 2 aromatic rings. The molecule has 1 N–H and O–H groups in total. The van der Waals surface area contributed by atoms with Crippen LogP contribution in [-0.2, 0) is 6.61 Å². The Morgan fingerprint density at radius 1 is 1.45 bits per heavy atom. The quantitative estimate of drug-likeness (QED) is 0.941. The largest absolute Gasteiger partial charge is 0.494 e. The van der Waals surface area contributed by atoms with Crippen LogP contribution in [-0.4, -0.2) is 27.2 Å². The Labute approximate surface area is 122 Å². The molecular weight excluding hydrogens is 278 g/mol. The van der Waals surface area contributed by atoms with Crippen molar-refractivity contribution in [3.8, 4) is 11.4 Å². The molecule has 0 bridgehead atoms. The van der Waals surface area contributed by atoms with Crippen molar-refractivity contribution >= 4 is 11.6 Å². The summed E-state index contributed by atoms with van der Waals surface area (Å²) in [6.07, 6.45) is 3.40. The second kappa shape index (κ2) is 5.42. The van der Waals surface area contributed by atoms with Crippen LogP contribution in [0.2, 0.25) is 5.02 Å². The summed E-state index contributed by atoms with van der Waals surface area (Å²) >= 11 is 6.08. The van der Waals surface area contributed by atoms with E-state index in [0.717, 1.165) is 24.2 Å². The van der Waals surface area contributed by atoms with Crippen LogP contribution >= 0.6 is 11.6 Å². The van der Waals surface area contributed by atoms with Crippen molar-refractivity contribution in [1.82, 2.24) is 15.0 Å². The van der Waals surface area contributed by atoms with Gasteiger partial charge >= 0.3 is 0 Å². The lowest BCUT2D eigenvalue weighted by Crippen LogP contribution is -2.16. The molecule has 1 aliphatic carbocycles. The van der Waals surface area contributed by atoms with Crippen LogP contribution in [0.3, 0.4) is 0 Å². The number of aliphatic hydroxyl groups is 1. The van der Waals surface area contributed by atoms with Gasteiger partial charge in [0.25, 0.3) is 0 Å². The summed E-state index contributed by atoms with van der Waals surface area (Å²) < 4.78 is 7.12. The minimum atomic E-state index is -0.102. The van der Waals surface area contributed by atoms with Gasteiger partial charge in [-0.25, -0.2) is 4.68 Å². The van der Waals surface area contributed by atoms with Crippen molar-refractivity contribution in [3.63, 3.8) is 0 Å². The lowest BCUT2D eigenvalue weighted by atomic mass is 9.82. The Bertz CT molecular complexity index is 623. The van der Waals surface area contributed by atoms with Crippen molar-refractivity contribution in [2.45, 2.75) is 31.8 Å². The molecule has 1 aromatic heterocycles. The number of ether oxygens (including phenoxy) is 1. The number of hydrogen-bond donors (Lipinski definition) is 1. The summed E-state index contributed by atoms with van der Waals surface area (Å²) in [7, 11) is 1.61. The number of methoxy groups -OCH3 is 1. The van der Waals surface area contributed by atoms with E-state index >= 15 is 0 Å². The molecule has 1 aliphatic rings. The highest BCUT2D eigenvalue weighted by molar-refractivity contribution is 6.30. The standard InChI is InChI=1S/C14H16ClN3O2/c1-20-13-6-5-10(15)7-12(13)18-14(9-3-2-4-9)11(8-19)16-17-18/h5-7,9,19H,2-4,8H2,1H3. The molecule has 0 unspecified atom stereocenters. The van der Waals surface area contributed by atoms with Gasteiger partial charge in [0.2, 0.25) is 0 Å².